The molecule has 1 amide bonds. The molecule has 0 saturated carbocycles. The van der Waals surface area contributed by atoms with Crippen molar-refractivity contribution in [3.8, 4) is 5.75 Å². The molecule has 9 heteroatoms. The van der Waals surface area contributed by atoms with Gasteiger partial charge < -0.3 is 14.6 Å². The number of hydrogen-bond donors (Lipinski definition) is 1. The van der Waals surface area contributed by atoms with Crippen LogP contribution in [0.15, 0.2) is 53.7 Å². The summed E-state index contributed by atoms with van der Waals surface area (Å²) in [5.74, 6) is 0.405. The molecular weight excluding hydrogens is 403 g/mol. The van der Waals surface area contributed by atoms with Crippen LogP contribution in [0.2, 0.25) is 5.02 Å². The number of aromatic nitrogens is 3. The molecular formula is C19H18ClFN4O2S. The van der Waals surface area contributed by atoms with E-state index in [0.717, 1.165) is 0 Å². The highest BCUT2D eigenvalue weighted by atomic mass is 35.5. The zero-order valence-electron chi connectivity index (χ0n) is 15.2. The lowest BCUT2D eigenvalue weighted by Gasteiger charge is -2.15. The van der Waals surface area contributed by atoms with Gasteiger partial charge in [-0.1, -0.05) is 47.6 Å². The van der Waals surface area contributed by atoms with Crippen LogP contribution < -0.4 is 10.1 Å². The normalized spacial score (nSPS) is 11.9. The average molecular weight is 421 g/mol. The molecule has 1 aromatic heterocycles. The summed E-state index contributed by atoms with van der Waals surface area (Å²) in [6.07, 6.45) is -0.390. The number of para-hydroxylation sites is 2. The Morgan fingerprint density at radius 3 is 2.71 bits per heavy atom. The molecule has 28 heavy (non-hydrogen) atoms. The molecule has 1 heterocycles. The minimum Gasteiger partial charge on any atom is -0.481 e. The Labute approximate surface area is 171 Å². The number of hydrogen-bond acceptors (Lipinski definition) is 5. The lowest BCUT2D eigenvalue weighted by molar-refractivity contribution is -0.113. The number of carbonyl (C=O) groups excluding carboxylic acids is 1. The summed E-state index contributed by atoms with van der Waals surface area (Å²) in [4.78, 5) is 12.1. The number of thioether (sulfide) groups is 1. The largest absolute Gasteiger partial charge is 0.481 e. The quantitative estimate of drug-likeness (QED) is 0.571. The average Bonchev–Trinajstić information content (AvgIpc) is 3.04. The van der Waals surface area contributed by atoms with Crippen molar-refractivity contribution in [3.05, 3.63) is 65.2 Å². The number of ether oxygens (including phenoxy) is 1. The molecule has 0 spiro atoms. The van der Waals surface area contributed by atoms with E-state index in [1.54, 1.807) is 35.9 Å². The summed E-state index contributed by atoms with van der Waals surface area (Å²) in [5.41, 5.74) is 0.147. The van der Waals surface area contributed by atoms with Gasteiger partial charge in [0.2, 0.25) is 5.91 Å². The second kappa shape index (κ2) is 9.07. The second-order valence-corrected chi connectivity index (χ2v) is 7.26. The summed E-state index contributed by atoms with van der Waals surface area (Å²) in [5, 5.41) is 11.9. The van der Waals surface area contributed by atoms with Crippen molar-refractivity contribution >= 4 is 35.0 Å². The highest BCUT2D eigenvalue weighted by Crippen LogP contribution is 2.29. The molecule has 0 fully saturated rings. The Bertz CT molecular complexity index is 982. The maximum absolute atomic E-state index is 13.6. The van der Waals surface area contributed by atoms with Crippen LogP contribution in [0.4, 0.5) is 10.1 Å². The number of nitrogens with one attached hydrogen (secondary N) is 1. The molecule has 0 saturated heterocycles. The Morgan fingerprint density at radius 1 is 1.25 bits per heavy atom. The maximum atomic E-state index is 13.6. The summed E-state index contributed by atoms with van der Waals surface area (Å²) < 4.78 is 21.2. The molecule has 0 radical (unpaired) electrons. The van der Waals surface area contributed by atoms with Gasteiger partial charge in [-0.3, -0.25) is 4.79 Å². The van der Waals surface area contributed by atoms with Crippen LogP contribution in [0.3, 0.4) is 0 Å². The first-order valence-corrected chi connectivity index (χ1v) is 9.79. The third-order valence-corrected chi connectivity index (χ3v) is 5.19. The molecule has 0 bridgehead atoms. The molecule has 0 aliphatic carbocycles. The highest BCUT2D eigenvalue weighted by molar-refractivity contribution is 7.99. The van der Waals surface area contributed by atoms with Gasteiger partial charge in [-0.25, -0.2) is 4.39 Å². The van der Waals surface area contributed by atoms with Gasteiger partial charge in [-0.2, -0.15) is 0 Å². The fraction of sp³-hybridized carbons (Fsp3) is 0.211. The summed E-state index contributed by atoms with van der Waals surface area (Å²) in [7, 11) is 1.79. The first kappa shape index (κ1) is 20.2. The van der Waals surface area contributed by atoms with E-state index in [-0.39, 0.29) is 23.5 Å². The number of amides is 1. The number of benzene rings is 2. The highest BCUT2D eigenvalue weighted by Gasteiger charge is 2.19. The minimum atomic E-state index is -0.479. The number of rotatable bonds is 7. The van der Waals surface area contributed by atoms with Crippen LogP contribution in [0.1, 0.15) is 18.9 Å². The van der Waals surface area contributed by atoms with Crippen LogP contribution in [0.5, 0.6) is 5.75 Å². The summed E-state index contributed by atoms with van der Waals surface area (Å²) >= 11 is 7.32. The van der Waals surface area contributed by atoms with Gasteiger partial charge in [0.25, 0.3) is 0 Å². The first-order chi connectivity index (χ1) is 13.5. The van der Waals surface area contributed by atoms with E-state index in [1.807, 2.05) is 19.1 Å². The van der Waals surface area contributed by atoms with Gasteiger partial charge in [0.05, 0.1) is 16.5 Å². The molecule has 6 nitrogen and oxygen atoms in total. The number of carbonyl (C=O) groups is 1. The Hall–Kier alpha value is -2.58. The van der Waals surface area contributed by atoms with Gasteiger partial charge in [0.1, 0.15) is 11.6 Å². The van der Waals surface area contributed by atoms with Gasteiger partial charge in [0, 0.05) is 7.05 Å². The number of nitrogens with zero attached hydrogens (tertiary/aromatic N) is 3. The van der Waals surface area contributed by atoms with Crippen LogP contribution in [-0.4, -0.2) is 26.4 Å². The van der Waals surface area contributed by atoms with Crippen molar-refractivity contribution in [1.82, 2.24) is 14.8 Å². The molecule has 1 N–H and O–H groups in total. The standard InChI is InChI=1S/C19H18ClFN4O2S/c1-12(27-16-10-6-3-7-13(16)20)18-23-24-19(25(18)2)28-11-17(26)22-15-9-5-4-8-14(15)21/h3-10,12H,11H2,1-2H3,(H,22,26)/t12-/m1/s1. The van der Waals surface area contributed by atoms with E-state index in [0.29, 0.717) is 21.8 Å². The van der Waals surface area contributed by atoms with Crippen molar-refractivity contribution in [2.45, 2.75) is 18.2 Å². The van der Waals surface area contributed by atoms with E-state index in [4.69, 9.17) is 16.3 Å². The predicted molar refractivity (Wildman–Crippen MR) is 107 cm³/mol. The maximum Gasteiger partial charge on any atom is 0.234 e. The van der Waals surface area contributed by atoms with Crippen molar-refractivity contribution in [2.75, 3.05) is 11.1 Å². The molecule has 2 aromatic carbocycles. The minimum absolute atomic E-state index is 0.0695. The predicted octanol–water partition coefficient (Wildman–Crippen LogP) is 4.48. The van der Waals surface area contributed by atoms with Crippen molar-refractivity contribution in [1.29, 1.82) is 0 Å². The number of halogens is 2. The molecule has 3 aromatic rings. The monoisotopic (exact) mass is 420 g/mol. The van der Waals surface area contributed by atoms with E-state index in [1.165, 1.54) is 23.9 Å². The zero-order chi connectivity index (χ0) is 20.1. The van der Waals surface area contributed by atoms with Crippen LogP contribution >= 0.6 is 23.4 Å². The fourth-order valence-electron chi connectivity index (χ4n) is 2.47. The van der Waals surface area contributed by atoms with Gasteiger partial charge in [0.15, 0.2) is 17.1 Å². The van der Waals surface area contributed by atoms with Crippen molar-refractivity contribution in [3.63, 3.8) is 0 Å². The molecule has 146 valence electrons. The lowest BCUT2D eigenvalue weighted by atomic mass is 10.3. The fourth-order valence-corrected chi connectivity index (χ4v) is 3.37. The van der Waals surface area contributed by atoms with Crippen LogP contribution in [0.25, 0.3) is 0 Å². The van der Waals surface area contributed by atoms with Crippen LogP contribution in [0, 0.1) is 5.82 Å². The second-order valence-electron chi connectivity index (χ2n) is 5.91. The van der Waals surface area contributed by atoms with Crippen molar-refractivity contribution < 1.29 is 13.9 Å². The third kappa shape index (κ3) is 4.82. The summed E-state index contributed by atoms with van der Waals surface area (Å²) in [6.45, 7) is 1.84. The molecule has 0 aliphatic heterocycles. The smallest absolute Gasteiger partial charge is 0.234 e. The lowest BCUT2D eigenvalue weighted by Crippen LogP contribution is -2.15. The summed E-state index contributed by atoms with van der Waals surface area (Å²) in [6, 6.07) is 13.2. The molecule has 3 rings (SSSR count). The van der Waals surface area contributed by atoms with E-state index < -0.39 is 5.82 Å². The van der Waals surface area contributed by atoms with Crippen LogP contribution in [-0.2, 0) is 11.8 Å². The van der Waals surface area contributed by atoms with E-state index in [9.17, 15) is 9.18 Å². The van der Waals surface area contributed by atoms with Gasteiger partial charge in [-0.15, -0.1) is 10.2 Å². The topological polar surface area (TPSA) is 69.0 Å². The zero-order valence-corrected chi connectivity index (χ0v) is 16.8. The Balaban J connectivity index is 1.60. The third-order valence-electron chi connectivity index (χ3n) is 3.85. The SMILES string of the molecule is C[C@@H](Oc1ccccc1Cl)c1nnc(SCC(=O)Nc2ccccc2F)n1C. The molecule has 1 atom stereocenters. The van der Waals surface area contributed by atoms with E-state index in [2.05, 4.69) is 15.5 Å². The Kier molecular flexibility index (Phi) is 6.53. The molecule has 0 aliphatic rings. The van der Waals surface area contributed by atoms with E-state index >= 15 is 0 Å². The van der Waals surface area contributed by atoms with Gasteiger partial charge in [-0.05, 0) is 31.2 Å². The number of anilines is 1. The molecule has 0 unspecified atom stereocenters. The van der Waals surface area contributed by atoms with Crippen molar-refractivity contribution in [2.24, 2.45) is 7.05 Å². The first-order valence-electron chi connectivity index (χ1n) is 8.43. The van der Waals surface area contributed by atoms with Gasteiger partial charge >= 0.3 is 0 Å². The Morgan fingerprint density at radius 2 is 1.96 bits per heavy atom.